The van der Waals surface area contributed by atoms with Crippen LogP contribution in [0.25, 0.3) is 6.08 Å². The van der Waals surface area contributed by atoms with Gasteiger partial charge in [-0.3, -0.25) is 15.0 Å². The normalized spacial score (nSPS) is 10.8. The van der Waals surface area contributed by atoms with Crippen LogP contribution in [0.5, 0.6) is 5.75 Å². The summed E-state index contributed by atoms with van der Waals surface area (Å²) < 4.78 is 5.37. The molecule has 0 heterocycles. The summed E-state index contributed by atoms with van der Waals surface area (Å²) in [4.78, 5) is 24.1. The van der Waals surface area contributed by atoms with Gasteiger partial charge in [-0.25, -0.2) is 5.84 Å². The van der Waals surface area contributed by atoms with Gasteiger partial charge in [0.15, 0.2) is 0 Å². The molecule has 2 aromatic rings. The van der Waals surface area contributed by atoms with Crippen LogP contribution in [0.2, 0.25) is 0 Å². The van der Waals surface area contributed by atoms with E-state index in [1.807, 2.05) is 12.3 Å². The van der Waals surface area contributed by atoms with Crippen molar-refractivity contribution >= 4 is 17.9 Å². The molecule has 24 heavy (non-hydrogen) atoms. The number of carbonyl (C=O) groups is 2. The maximum atomic E-state index is 12.2. The van der Waals surface area contributed by atoms with E-state index in [1.165, 1.54) is 0 Å². The molecule has 0 aliphatic heterocycles. The molecule has 0 unspecified atom stereocenters. The molecule has 0 aromatic heterocycles. The first-order chi connectivity index (χ1) is 11.6. The average Bonchev–Trinajstić information content (AvgIpc) is 2.63. The van der Waals surface area contributed by atoms with E-state index in [0.717, 1.165) is 11.3 Å². The average molecular weight is 325 g/mol. The molecule has 0 radical (unpaired) electrons. The first kappa shape index (κ1) is 17.2. The van der Waals surface area contributed by atoms with Crippen LogP contribution in [-0.2, 0) is 4.79 Å². The van der Waals surface area contributed by atoms with Crippen molar-refractivity contribution < 1.29 is 14.3 Å². The molecule has 0 saturated heterocycles. The predicted molar refractivity (Wildman–Crippen MR) is 91.8 cm³/mol. The van der Waals surface area contributed by atoms with Crippen LogP contribution in [0.3, 0.4) is 0 Å². The van der Waals surface area contributed by atoms with Gasteiger partial charge in [0, 0.05) is 5.56 Å². The highest BCUT2D eigenvalue weighted by Gasteiger charge is 2.13. The highest BCUT2D eigenvalue weighted by atomic mass is 16.5. The summed E-state index contributed by atoms with van der Waals surface area (Å²) in [6.45, 7) is 2.47. The minimum absolute atomic E-state index is 0.0514. The number of nitrogens with one attached hydrogen (secondary N) is 2. The maximum absolute atomic E-state index is 12.2. The SMILES string of the molecule is CCOc1ccc(C=C(NC(=O)c2ccccc2)C(=O)NN)cc1. The van der Waals surface area contributed by atoms with Gasteiger partial charge < -0.3 is 10.1 Å². The van der Waals surface area contributed by atoms with Crippen LogP contribution in [0, 0.1) is 0 Å². The third kappa shape index (κ3) is 4.69. The molecule has 0 spiro atoms. The Balaban J connectivity index is 2.21. The van der Waals surface area contributed by atoms with E-state index in [0.29, 0.717) is 12.2 Å². The molecular weight excluding hydrogens is 306 g/mol. The van der Waals surface area contributed by atoms with Crippen LogP contribution < -0.4 is 21.3 Å². The van der Waals surface area contributed by atoms with E-state index in [9.17, 15) is 9.59 Å². The molecule has 0 atom stereocenters. The number of rotatable bonds is 6. The van der Waals surface area contributed by atoms with Crippen molar-refractivity contribution in [1.29, 1.82) is 0 Å². The number of hydrogen-bond acceptors (Lipinski definition) is 4. The third-order valence-corrected chi connectivity index (χ3v) is 3.16. The molecule has 6 nitrogen and oxygen atoms in total. The van der Waals surface area contributed by atoms with Gasteiger partial charge in [-0.05, 0) is 42.8 Å². The van der Waals surface area contributed by atoms with Crippen molar-refractivity contribution in [3.63, 3.8) is 0 Å². The zero-order valence-electron chi connectivity index (χ0n) is 13.3. The predicted octanol–water partition coefficient (Wildman–Crippen LogP) is 1.85. The van der Waals surface area contributed by atoms with Crippen molar-refractivity contribution in [2.24, 2.45) is 5.84 Å². The van der Waals surface area contributed by atoms with Gasteiger partial charge in [0.25, 0.3) is 11.8 Å². The molecule has 0 aliphatic rings. The first-order valence-electron chi connectivity index (χ1n) is 7.46. The van der Waals surface area contributed by atoms with Gasteiger partial charge in [0.05, 0.1) is 6.61 Å². The maximum Gasteiger partial charge on any atom is 0.281 e. The minimum atomic E-state index is -0.590. The smallest absolute Gasteiger partial charge is 0.281 e. The number of ether oxygens (including phenoxy) is 1. The van der Waals surface area contributed by atoms with Gasteiger partial charge in [-0.1, -0.05) is 30.3 Å². The number of nitrogens with two attached hydrogens (primary N) is 1. The Hall–Kier alpha value is -3.12. The van der Waals surface area contributed by atoms with E-state index >= 15 is 0 Å². The highest BCUT2D eigenvalue weighted by Crippen LogP contribution is 2.14. The Bertz CT molecular complexity index is 725. The Morgan fingerprint density at radius 1 is 1.08 bits per heavy atom. The molecule has 2 aromatic carbocycles. The fraction of sp³-hybridized carbons (Fsp3) is 0.111. The lowest BCUT2D eigenvalue weighted by Gasteiger charge is -2.09. The van der Waals surface area contributed by atoms with Crippen LogP contribution >= 0.6 is 0 Å². The molecule has 0 bridgehead atoms. The number of hydrazine groups is 1. The van der Waals surface area contributed by atoms with Gasteiger partial charge >= 0.3 is 0 Å². The fourth-order valence-electron chi connectivity index (χ4n) is 2.01. The standard InChI is InChI=1S/C18H19N3O3/c1-2-24-15-10-8-13(9-11-15)12-16(18(23)21-19)20-17(22)14-6-4-3-5-7-14/h3-12H,2,19H2,1H3,(H,20,22)(H,21,23). The van der Waals surface area contributed by atoms with E-state index in [1.54, 1.807) is 60.7 Å². The van der Waals surface area contributed by atoms with Crippen molar-refractivity contribution in [3.05, 3.63) is 71.4 Å². The van der Waals surface area contributed by atoms with Gasteiger partial charge in [-0.15, -0.1) is 0 Å². The van der Waals surface area contributed by atoms with E-state index in [4.69, 9.17) is 10.6 Å². The van der Waals surface area contributed by atoms with E-state index in [2.05, 4.69) is 5.32 Å². The fourth-order valence-corrected chi connectivity index (χ4v) is 2.01. The van der Waals surface area contributed by atoms with Crippen LogP contribution in [0.1, 0.15) is 22.8 Å². The van der Waals surface area contributed by atoms with Crippen molar-refractivity contribution in [3.8, 4) is 5.75 Å². The zero-order valence-corrected chi connectivity index (χ0v) is 13.3. The van der Waals surface area contributed by atoms with E-state index < -0.39 is 11.8 Å². The molecule has 0 aliphatic carbocycles. The summed E-state index contributed by atoms with van der Waals surface area (Å²) in [6, 6.07) is 15.7. The second kappa shape index (κ2) is 8.50. The second-order valence-corrected chi connectivity index (χ2v) is 4.85. The van der Waals surface area contributed by atoms with Crippen molar-refractivity contribution in [2.45, 2.75) is 6.92 Å². The molecule has 0 fully saturated rings. The minimum Gasteiger partial charge on any atom is -0.494 e. The summed E-state index contributed by atoms with van der Waals surface area (Å²) in [7, 11) is 0. The summed E-state index contributed by atoms with van der Waals surface area (Å²) in [5.41, 5.74) is 3.25. The number of hydrogen-bond donors (Lipinski definition) is 3. The molecule has 124 valence electrons. The summed E-state index contributed by atoms with van der Waals surface area (Å²) in [6.07, 6.45) is 1.54. The Morgan fingerprint density at radius 2 is 1.75 bits per heavy atom. The lowest BCUT2D eigenvalue weighted by atomic mass is 10.1. The number of amides is 2. The van der Waals surface area contributed by atoms with Gasteiger partial charge in [0.1, 0.15) is 11.4 Å². The lowest BCUT2D eigenvalue weighted by Crippen LogP contribution is -2.38. The summed E-state index contributed by atoms with van der Waals surface area (Å²) in [5, 5.41) is 2.57. The summed E-state index contributed by atoms with van der Waals surface area (Å²) in [5.74, 6) is 4.94. The van der Waals surface area contributed by atoms with Crippen molar-refractivity contribution in [1.82, 2.24) is 10.7 Å². The van der Waals surface area contributed by atoms with Crippen LogP contribution in [-0.4, -0.2) is 18.4 Å². The monoisotopic (exact) mass is 325 g/mol. The molecule has 2 rings (SSSR count). The van der Waals surface area contributed by atoms with Crippen LogP contribution in [0.15, 0.2) is 60.3 Å². The Kier molecular flexibility index (Phi) is 6.10. The molecular formula is C18H19N3O3. The summed E-state index contributed by atoms with van der Waals surface area (Å²) >= 11 is 0. The van der Waals surface area contributed by atoms with Gasteiger partial charge in [-0.2, -0.15) is 0 Å². The van der Waals surface area contributed by atoms with Crippen LogP contribution in [0.4, 0.5) is 0 Å². The number of carbonyl (C=O) groups excluding carboxylic acids is 2. The topological polar surface area (TPSA) is 93.4 Å². The zero-order chi connectivity index (χ0) is 17.4. The second-order valence-electron chi connectivity index (χ2n) is 4.85. The lowest BCUT2D eigenvalue weighted by molar-refractivity contribution is -0.117. The number of benzene rings is 2. The Morgan fingerprint density at radius 3 is 2.33 bits per heavy atom. The Labute approximate surface area is 140 Å². The van der Waals surface area contributed by atoms with Gasteiger partial charge in [0.2, 0.25) is 0 Å². The third-order valence-electron chi connectivity index (χ3n) is 3.16. The molecule has 6 heteroatoms. The molecule has 4 N–H and O–H groups in total. The van der Waals surface area contributed by atoms with Crippen molar-refractivity contribution in [2.75, 3.05) is 6.61 Å². The quantitative estimate of drug-likeness (QED) is 0.327. The highest BCUT2D eigenvalue weighted by molar-refractivity contribution is 6.05. The first-order valence-corrected chi connectivity index (χ1v) is 7.46. The molecule has 0 saturated carbocycles. The van der Waals surface area contributed by atoms with E-state index in [-0.39, 0.29) is 5.70 Å². The largest absolute Gasteiger partial charge is 0.494 e. The molecule has 2 amide bonds.